The van der Waals surface area contributed by atoms with Gasteiger partial charge >= 0.3 is 0 Å². The van der Waals surface area contributed by atoms with Crippen molar-refractivity contribution in [2.75, 3.05) is 5.32 Å². The molecule has 0 radical (unpaired) electrons. The molecule has 0 spiro atoms. The lowest BCUT2D eigenvalue weighted by Crippen LogP contribution is -1.99. The highest BCUT2D eigenvalue weighted by Crippen LogP contribution is 2.18. The zero-order valence-corrected chi connectivity index (χ0v) is 11.2. The van der Waals surface area contributed by atoms with E-state index in [4.69, 9.17) is 5.11 Å². The Kier molecular flexibility index (Phi) is 4.33. The fourth-order valence-corrected chi connectivity index (χ4v) is 2.01. The van der Waals surface area contributed by atoms with Crippen LogP contribution < -0.4 is 5.32 Å². The van der Waals surface area contributed by atoms with Gasteiger partial charge in [-0.15, -0.1) is 0 Å². The summed E-state index contributed by atoms with van der Waals surface area (Å²) in [5, 5.41) is 12.2. The molecular formula is C14H13BrFNO. The Morgan fingerprint density at radius 2 is 1.72 bits per heavy atom. The first kappa shape index (κ1) is 13.1. The number of hydrogen-bond acceptors (Lipinski definition) is 2. The van der Waals surface area contributed by atoms with Crippen LogP contribution >= 0.6 is 15.9 Å². The Bertz CT molecular complexity index is 528. The first-order chi connectivity index (χ1) is 8.69. The second-order valence-electron chi connectivity index (χ2n) is 3.96. The summed E-state index contributed by atoms with van der Waals surface area (Å²) in [6, 6.07) is 12.5. The van der Waals surface area contributed by atoms with Gasteiger partial charge in [-0.05, 0) is 51.3 Å². The van der Waals surface area contributed by atoms with Crippen molar-refractivity contribution in [3.05, 3.63) is 63.9 Å². The number of benzene rings is 2. The number of hydrogen-bond donors (Lipinski definition) is 2. The highest BCUT2D eigenvalue weighted by atomic mass is 79.9. The van der Waals surface area contributed by atoms with Gasteiger partial charge in [0.05, 0.1) is 11.1 Å². The Hall–Kier alpha value is -1.39. The molecule has 0 aliphatic rings. The third kappa shape index (κ3) is 3.31. The zero-order chi connectivity index (χ0) is 13.0. The smallest absolute Gasteiger partial charge is 0.137 e. The molecule has 2 rings (SSSR count). The van der Waals surface area contributed by atoms with Gasteiger partial charge in [0.15, 0.2) is 0 Å². The van der Waals surface area contributed by atoms with Crippen LogP contribution in [0.4, 0.5) is 10.1 Å². The van der Waals surface area contributed by atoms with E-state index < -0.39 is 0 Å². The highest BCUT2D eigenvalue weighted by Gasteiger charge is 2.00. The van der Waals surface area contributed by atoms with Crippen LogP contribution in [0.2, 0.25) is 0 Å². The van der Waals surface area contributed by atoms with Crippen LogP contribution in [-0.2, 0) is 13.2 Å². The molecule has 2 N–H and O–H groups in total. The Labute approximate surface area is 114 Å². The molecule has 0 aliphatic carbocycles. The average molecular weight is 310 g/mol. The molecule has 18 heavy (non-hydrogen) atoms. The van der Waals surface area contributed by atoms with E-state index >= 15 is 0 Å². The van der Waals surface area contributed by atoms with Crippen molar-refractivity contribution in [1.29, 1.82) is 0 Å². The molecule has 4 heteroatoms. The zero-order valence-electron chi connectivity index (χ0n) is 9.66. The molecule has 0 saturated carbocycles. The number of aliphatic hydroxyl groups excluding tert-OH is 1. The van der Waals surface area contributed by atoms with Gasteiger partial charge in [-0.25, -0.2) is 4.39 Å². The average Bonchev–Trinajstić information content (AvgIpc) is 2.41. The highest BCUT2D eigenvalue weighted by molar-refractivity contribution is 9.10. The third-order valence-corrected chi connectivity index (χ3v) is 3.22. The van der Waals surface area contributed by atoms with Gasteiger partial charge in [-0.1, -0.05) is 18.2 Å². The van der Waals surface area contributed by atoms with Crippen molar-refractivity contribution in [2.45, 2.75) is 13.2 Å². The summed E-state index contributed by atoms with van der Waals surface area (Å²) in [5.41, 5.74) is 2.84. The fourth-order valence-electron chi connectivity index (χ4n) is 1.58. The monoisotopic (exact) mass is 309 g/mol. The fraction of sp³-hybridized carbons (Fsp3) is 0.143. The molecule has 0 amide bonds. The summed E-state index contributed by atoms with van der Waals surface area (Å²) in [5.74, 6) is -0.258. The normalized spacial score (nSPS) is 10.4. The summed E-state index contributed by atoms with van der Waals surface area (Å²) < 4.78 is 13.5. The van der Waals surface area contributed by atoms with Gasteiger partial charge < -0.3 is 10.4 Å². The Morgan fingerprint density at radius 3 is 2.33 bits per heavy atom. The van der Waals surface area contributed by atoms with E-state index in [0.29, 0.717) is 11.0 Å². The van der Waals surface area contributed by atoms with Gasteiger partial charge in [0.25, 0.3) is 0 Å². The van der Waals surface area contributed by atoms with Crippen molar-refractivity contribution in [1.82, 2.24) is 0 Å². The maximum Gasteiger partial charge on any atom is 0.137 e. The predicted molar refractivity (Wildman–Crippen MR) is 73.8 cm³/mol. The van der Waals surface area contributed by atoms with Crippen LogP contribution in [0.3, 0.4) is 0 Å². The van der Waals surface area contributed by atoms with Crippen molar-refractivity contribution >= 4 is 21.6 Å². The first-order valence-electron chi connectivity index (χ1n) is 5.56. The van der Waals surface area contributed by atoms with Gasteiger partial charge in [-0.3, -0.25) is 0 Å². The molecule has 0 saturated heterocycles. The van der Waals surface area contributed by atoms with Crippen molar-refractivity contribution in [3.63, 3.8) is 0 Å². The Balaban J connectivity index is 1.99. The minimum Gasteiger partial charge on any atom is -0.392 e. The summed E-state index contributed by atoms with van der Waals surface area (Å²) in [7, 11) is 0. The molecule has 0 atom stereocenters. The summed E-state index contributed by atoms with van der Waals surface area (Å²) >= 11 is 3.16. The van der Waals surface area contributed by atoms with Gasteiger partial charge in [0, 0.05) is 12.2 Å². The van der Waals surface area contributed by atoms with E-state index in [1.807, 2.05) is 24.3 Å². The van der Waals surface area contributed by atoms with E-state index in [9.17, 15) is 4.39 Å². The van der Waals surface area contributed by atoms with Crippen molar-refractivity contribution in [2.24, 2.45) is 0 Å². The molecule has 0 aliphatic heterocycles. The minimum atomic E-state index is -0.258. The molecule has 2 aromatic rings. The number of aliphatic hydroxyl groups is 1. The quantitative estimate of drug-likeness (QED) is 0.902. The molecular weight excluding hydrogens is 297 g/mol. The van der Waals surface area contributed by atoms with Gasteiger partial charge in [-0.2, -0.15) is 0 Å². The first-order valence-corrected chi connectivity index (χ1v) is 6.36. The maximum absolute atomic E-state index is 13.1. The van der Waals surface area contributed by atoms with Crippen LogP contribution in [0.1, 0.15) is 11.1 Å². The molecule has 0 unspecified atom stereocenters. The summed E-state index contributed by atoms with van der Waals surface area (Å²) in [4.78, 5) is 0. The largest absolute Gasteiger partial charge is 0.392 e. The van der Waals surface area contributed by atoms with Gasteiger partial charge in [0.1, 0.15) is 5.82 Å². The van der Waals surface area contributed by atoms with Gasteiger partial charge in [0.2, 0.25) is 0 Å². The van der Waals surface area contributed by atoms with Crippen LogP contribution in [0.15, 0.2) is 46.9 Å². The van der Waals surface area contributed by atoms with Crippen LogP contribution in [0.5, 0.6) is 0 Å². The topological polar surface area (TPSA) is 32.3 Å². The molecule has 0 heterocycles. The van der Waals surface area contributed by atoms with Crippen molar-refractivity contribution < 1.29 is 9.50 Å². The summed E-state index contributed by atoms with van der Waals surface area (Å²) in [6.07, 6.45) is 0. The number of anilines is 1. The standard InChI is InChI=1S/C14H13BrFNO/c15-13-7-11(3-6-14(13)16)8-17-12-4-1-10(9-18)2-5-12/h1-7,17-18H,8-9H2. The molecule has 94 valence electrons. The van der Waals surface area contributed by atoms with E-state index in [0.717, 1.165) is 16.8 Å². The summed E-state index contributed by atoms with van der Waals surface area (Å²) in [6.45, 7) is 0.669. The van der Waals surface area contributed by atoms with Crippen LogP contribution in [0, 0.1) is 5.82 Å². The second kappa shape index (κ2) is 5.98. The van der Waals surface area contributed by atoms with E-state index in [1.165, 1.54) is 6.07 Å². The molecule has 0 fully saturated rings. The molecule has 2 nitrogen and oxygen atoms in total. The van der Waals surface area contributed by atoms with Crippen LogP contribution in [0.25, 0.3) is 0 Å². The molecule has 2 aromatic carbocycles. The number of halogens is 2. The maximum atomic E-state index is 13.1. The van der Waals surface area contributed by atoms with Crippen molar-refractivity contribution in [3.8, 4) is 0 Å². The molecule has 0 aromatic heterocycles. The van der Waals surface area contributed by atoms with E-state index in [1.54, 1.807) is 12.1 Å². The number of nitrogens with one attached hydrogen (secondary N) is 1. The second-order valence-corrected chi connectivity index (χ2v) is 4.81. The lowest BCUT2D eigenvalue weighted by atomic mass is 10.2. The Morgan fingerprint density at radius 1 is 1.06 bits per heavy atom. The lowest BCUT2D eigenvalue weighted by Gasteiger charge is -2.07. The van der Waals surface area contributed by atoms with E-state index in [2.05, 4.69) is 21.2 Å². The minimum absolute atomic E-state index is 0.0468. The third-order valence-electron chi connectivity index (χ3n) is 2.62. The van der Waals surface area contributed by atoms with E-state index in [-0.39, 0.29) is 12.4 Å². The van der Waals surface area contributed by atoms with Crippen LogP contribution in [-0.4, -0.2) is 5.11 Å². The SMILES string of the molecule is OCc1ccc(NCc2ccc(F)c(Br)c2)cc1. The number of rotatable bonds is 4. The molecule has 0 bridgehead atoms. The lowest BCUT2D eigenvalue weighted by molar-refractivity contribution is 0.282. The predicted octanol–water partition coefficient (Wildman–Crippen LogP) is 3.69.